The van der Waals surface area contributed by atoms with E-state index in [2.05, 4.69) is 11.4 Å². The van der Waals surface area contributed by atoms with E-state index >= 15 is 0 Å². The van der Waals surface area contributed by atoms with Crippen molar-refractivity contribution < 1.29 is 9.50 Å². The van der Waals surface area contributed by atoms with Crippen LogP contribution in [0.1, 0.15) is 29.5 Å². The lowest BCUT2D eigenvalue weighted by Gasteiger charge is -2.24. The lowest BCUT2D eigenvalue weighted by atomic mass is 9.93. The molecule has 120 valence electrons. The maximum atomic E-state index is 13.0. The minimum Gasteiger partial charge on any atom is -0.508 e. The zero-order chi connectivity index (χ0) is 15.8. The normalized spacial score (nSPS) is 25.9. The summed E-state index contributed by atoms with van der Waals surface area (Å²) in [6.45, 7) is 0.791. The minimum atomic E-state index is -0.182. The summed E-state index contributed by atoms with van der Waals surface area (Å²) in [4.78, 5) is 0. The first-order valence-corrected chi connectivity index (χ1v) is 8.47. The average Bonchev–Trinajstić information content (AvgIpc) is 2.82. The van der Waals surface area contributed by atoms with E-state index in [1.807, 2.05) is 18.2 Å². The standard InChI is InChI=1S/C20H22FNO/c21-18-6-1-13(2-7-18)12-22-20-15-3-4-16(20)10-17-11-19(23)8-5-14(17)9-15/h1-2,5-8,11,15-16,20,22-23H,3-4,9-10,12H2. The van der Waals surface area contributed by atoms with Gasteiger partial charge >= 0.3 is 0 Å². The van der Waals surface area contributed by atoms with Crippen molar-refractivity contribution in [1.82, 2.24) is 5.32 Å². The highest BCUT2D eigenvalue weighted by Crippen LogP contribution is 2.40. The first-order chi connectivity index (χ1) is 11.2. The summed E-state index contributed by atoms with van der Waals surface area (Å²) in [5.41, 5.74) is 3.83. The summed E-state index contributed by atoms with van der Waals surface area (Å²) in [5, 5.41) is 13.5. The number of aromatic hydroxyl groups is 1. The Balaban J connectivity index is 1.49. The second kappa shape index (κ2) is 5.97. The van der Waals surface area contributed by atoms with Gasteiger partial charge in [-0.15, -0.1) is 0 Å². The maximum Gasteiger partial charge on any atom is 0.123 e. The summed E-state index contributed by atoms with van der Waals surface area (Å²) < 4.78 is 13.0. The molecule has 0 aromatic heterocycles. The SMILES string of the molecule is Oc1ccc2c(c1)CC1CCC(C2)C1NCc1ccc(F)cc1. The van der Waals surface area contributed by atoms with Crippen LogP contribution in [0.15, 0.2) is 42.5 Å². The maximum absolute atomic E-state index is 13.0. The Bertz CT molecular complexity index is 697. The predicted molar refractivity (Wildman–Crippen MR) is 88.8 cm³/mol. The molecule has 0 spiro atoms. The fourth-order valence-corrected chi connectivity index (χ4v) is 4.37. The van der Waals surface area contributed by atoms with E-state index < -0.39 is 0 Å². The van der Waals surface area contributed by atoms with Crippen molar-refractivity contribution in [3.05, 3.63) is 65.0 Å². The van der Waals surface area contributed by atoms with Crippen molar-refractivity contribution >= 4 is 0 Å². The Morgan fingerprint density at radius 2 is 1.65 bits per heavy atom. The molecule has 3 heteroatoms. The van der Waals surface area contributed by atoms with Crippen molar-refractivity contribution in [2.75, 3.05) is 0 Å². The number of phenolic OH excluding ortho intramolecular Hbond substituents is 1. The number of phenols is 1. The van der Waals surface area contributed by atoms with Crippen LogP contribution in [0.25, 0.3) is 0 Å². The molecule has 3 unspecified atom stereocenters. The number of rotatable bonds is 3. The highest BCUT2D eigenvalue weighted by atomic mass is 19.1. The van der Waals surface area contributed by atoms with Gasteiger partial charge in [0.2, 0.25) is 0 Å². The molecule has 0 heterocycles. The molecule has 2 aliphatic carbocycles. The van der Waals surface area contributed by atoms with Crippen molar-refractivity contribution in [2.45, 2.75) is 38.3 Å². The van der Waals surface area contributed by atoms with Crippen molar-refractivity contribution in [2.24, 2.45) is 11.8 Å². The lowest BCUT2D eigenvalue weighted by molar-refractivity contribution is 0.340. The number of benzene rings is 2. The fraction of sp³-hybridized carbons (Fsp3) is 0.400. The molecule has 3 atom stereocenters. The van der Waals surface area contributed by atoms with Gasteiger partial charge in [-0.05, 0) is 78.5 Å². The van der Waals surface area contributed by atoms with Gasteiger partial charge < -0.3 is 10.4 Å². The van der Waals surface area contributed by atoms with Crippen molar-refractivity contribution in [1.29, 1.82) is 0 Å². The molecule has 4 rings (SSSR count). The highest BCUT2D eigenvalue weighted by molar-refractivity contribution is 5.37. The Labute approximate surface area is 136 Å². The summed E-state index contributed by atoms with van der Waals surface area (Å²) >= 11 is 0. The van der Waals surface area contributed by atoms with Crippen molar-refractivity contribution in [3.63, 3.8) is 0 Å². The van der Waals surface area contributed by atoms with E-state index in [0.29, 0.717) is 23.6 Å². The van der Waals surface area contributed by atoms with E-state index in [0.717, 1.165) is 24.9 Å². The Kier molecular flexibility index (Phi) is 3.82. The molecule has 2 bridgehead atoms. The largest absolute Gasteiger partial charge is 0.508 e. The zero-order valence-electron chi connectivity index (χ0n) is 13.1. The van der Waals surface area contributed by atoms with Crippen LogP contribution in [0.3, 0.4) is 0 Å². The molecule has 0 amide bonds. The van der Waals surface area contributed by atoms with E-state index in [4.69, 9.17) is 0 Å². The van der Waals surface area contributed by atoms with Crippen LogP contribution in [-0.2, 0) is 19.4 Å². The Morgan fingerprint density at radius 1 is 0.957 bits per heavy atom. The Morgan fingerprint density at radius 3 is 2.39 bits per heavy atom. The molecule has 1 saturated carbocycles. The summed E-state index contributed by atoms with van der Waals surface area (Å²) in [6, 6.07) is 13.1. The molecule has 0 saturated heterocycles. The van der Waals surface area contributed by atoms with Gasteiger partial charge in [-0.1, -0.05) is 18.2 Å². The van der Waals surface area contributed by atoms with Gasteiger partial charge in [0.25, 0.3) is 0 Å². The van der Waals surface area contributed by atoms with Crippen LogP contribution < -0.4 is 5.32 Å². The summed E-state index contributed by atoms with van der Waals surface area (Å²) in [5.74, 6) is 1.48. The topological polar surface area (TPSA) is 32.3 Å². The van der Waals surface area contributed by atoms with Gasteiger partial charge in [0.15, 0.2) is 0 Å². The molecular formula is C20H22FNO. The van der Waals surface area contributed by atoms with Gasteiger partial charge in [0, 0.05) is 12.6 Å². The van der Waals surface area contributed by atoms with Crippen LogP contribution in [0.5, 0.6) is 5.75 Å². The molecule has 0 radical (unpaired) electrons. The monoisotopic (exact) mass is 311 g/mol. The van der Waals surface area contributed by atoms with Gasteiger partial charge in [0.1, 0.15) is 11.6 Å². The second-order valence-corrected chi connectivity index (χ2v) is 6.99. The first-order valence-electron chi connectivity index (χ1n) is 8.47. The molecule has 2 aliphatic rings. The van der Waals surface area contributed by atoms with Gasteiger partial charge in [-0.25, -0.2) is 4.39 Å². The predicted octanol–water partition coefficient (Wildman–Crippen LogP) is 3.81. The van der Waals surface area contributed by atoms with Gasteiger partial charge in [-0.3, -0.25) is 0 Å². The number of nitrogens with one attached hydrogen (secondary N) is 1. The molecule has 2 aromatic carbocycles. The van der Waals surface area contributed by atoms with E-state index in [-0.39, 0.29) is 5.82 Å². The zero-order valence-corrected chi connectivity index (χ0v) is 13.1. The molecule has 23 heavy (non-hydrogen) atoms. The summed E-state index contributed by atoms with van der Waals surface area (Å²) in [7, 11) is 0. The third-order valence-corrected chi connectivity index (χ3v) is 5.53. The quantitative estimate of drug-likeness (QED) is 0.903. The number of hydrogen-bond donors (Lipinski definition) is 2. The molecule has 2 nitrogen and oxygen atoms in total. The van der Waals surface area contributed by atoms with Crippen molar-refractivity contribution in [3.8, 4) is 5.75 Å². The van der Waals surface area contributed by atoms with E-state index in [9.17, 15) is 9.50 Å². The third kappa shape index (κ3) is 2.98. The number of halogens is 1. The van der Waals surface area contributed by atoms with Gasteiger partial charge in [-0.2, -0.15) is 0 Å². The van der Waals surface area contributed by atoms with Crippen LogP contribution in [0.2, 0.25) is 0 Å². The number of fused-ring (bicyclic) bond motifs is 3. The van der Waals surface area contributed by atoms with E-state index in [1.165, 1.54) is 36.1 Å². The highest BCUT2D eigenvalue weighted by Gasteiger charge is 2.38. The van der Waals surface area contributed by atoms with Crippen LogP contribution in [0.4, 0.5) is 4.39 Å². The molecule has 2 aromatic rings. The minimum absolute atomic E-state index is 0.182. The van der Waals surface area contributed by atoms with Crippen LogP contribution >= 0.6 is 0 Å². The number of hydrogen-bond acceptors (Lipinski definition) is 2. The first kappa shape index (κ1) is 14.7. The summed E-state index contributed by atoms with van der Waals surface area (Å²) in [6.07, 6.45) is 4.65. The third-order valence-electron chi connectivity index (χ3n) is 5.53. The molecule has 0 aliphatic heterocycles. The second-order valence-electron chi connectivity index (χ2n) is 6.99. The average molecular weight is 311 g/mol. The lowest BCUT2D eigenvalue weighted by Crippen LogP contribution is -2.37. The molecular weight excluding hydrogens is 289 g/mol. The van der Waals surface area contributed by atoms with Gasteiger partial charge in [0.05, 0.1) is 0 Å². The Hall–Kier alpha value is -1.87. The van der Waals surface area contributed by atoms with Crippen LogP contribution in [0, 0.1) is 17.7 Å². The smallest absolute Gasteiger partial charge is 0.123 e. The molecule has 2 N–H and O–H groups in total. The van der Waals surface area contributed by atoms with E-state index in [1.54, 1.807) is 6.07 Å². The molecule has 1 fully saturated rings. The fourth-order valence-electron chi connectivity index (χ4n) is 4.37. The van der Waals surface area contributed by atoms with Crippen LogP contribution in [-0.4, -0.2) is 11.1 Å².